The summed E-state index contributed by atoms with van der Waals surface area (Å²) in [5, 5.41) is 10.3. The zero-order chi connectivity index (χ0) is 23.8. The van der Waals surface area contributed by atoms with Crippen LogP contribution in [0.1, 0.15) is 6.92 Å². The van der Waals surface area contributed by atoms with E-state index < -0.39 is 67.4 Å². The van der Waals surface area contributed by atoms with Crippen LogP contribution in [0.25, 0.3) is 0 Å². The standard InChI is InChI=1S/C20H36O12/c1-10(21)29-9-12-14(15(25-4)17(27-6)19(22)30-12)32-20-18(28-7)16(26-5)13(31-20)11(24-3)8-23-2/h11-20,22H,8-9H2,1-7H3/t11-,12-,13-,14-,15+,16+,17-,18+,19+,20-/m1/s1. The lowest BCUT2D eigenvalue weighted by atomic mass is 9.98. The average Bonchev–Trinajstić information content (AvgIpc) is 3.13. The summed E-state index contributed by atoms with van der Waals surface area (Å²) < 4.78 is 56.1. The van der Waals surface area contributed by atoms with Gasteiger partial charge in [0.2, 0.25) is 0 Å². The molecular weight excluding hydrogens is 432 g/mol. The van der Waals surface area contributed by atoms with Gasteiger partial charge in [0.15, 0.2) is 12.6 Å². The third-order valence-corrected chi connectivity index (χ3v) is 5.65. The van der Waals surface area contributed by atoms with Gasteiger partial charge in [0, 0.05) is 49.6 Å². The minimum atomic E-state index is -1.31. The van der Waals surface area contributed by atoms with Gasteiger partial charge in [-0.1, -0.05) is 0 Å². The van der Waals surface area contributed by atoms with Gasteiger partial charge >= 0.3 is 5.97 Å². The van der Waals surface area contributed by atoms with Gasteiger partial charge in [-0.25, -0.2) is 0 Å². The molecule has 0 aromatic heterocycles. The molecule has 2 aliphatic rings. The molecular formula is C20H36O12. The maximum absolute atomic E-state index is 11.4. The van der Waals surface area contributed by atoms with Crippen LogP contribution in [0.2, 0.25) is 0 Å². The Morgan fingerprint density at radius 2 is 1.50 bits per heavy atom. The third kappa shape index (κ3) is 6.14. The van der Waals surface area contributed by atoms with Crippen molar-refractivity contribution in [3.8, 4) is 0 Å². The Bertz CT molecular complexity index is 563. The lowest BCUT2D eigenvalue weighted by Gasteiger charge is -2.44. The highest BCUT2D eigenvalue weighted by Crippen LogP contribution is 2.34. The van der Waals surface area contributed by atoms with Gasteiger partial charge < -0.3 is 52.5 Å². The minimum absolute atomic E-state index is 0.167. The summed E-state index contributed by atoms with van der Waals surface area (Å²) in [7, 11) is 9.03. The van der Waals surface area contributed by atoms with Gasteiger partial charge in [0.05, 0.1) is 6.61 Å². The van der Waals surface area contributed by atoms with E-state index in [1.54, 1.807) is 14.2 Å². The molecule has 0 saturated carbocycles. The van der Waals surface area contributed by atoms with Crippen LogP contribution in [-0.2, 0) is 52.2 Å². The zero-order valence-corrected chi connectivity index (χ0v) is 19.6. The van der Waals surface area contributed by atoms with Crippen molar-refractivity contribution in [2.45, 2.75) is 68.3 Å². The van der Waals surface area contributed by atoms with E-state index in [4.69, 9.17) is 47.4 Å². The normalized spacial score (nSPS) is 38.6. The molecule has 0 aliphatic carbocycles. The molecule has 12 heteroatoms. The largest absolute Gasteiger partial charge is 0.463 e. The van der Waals surface area contributed by atoms with Crippen LogP contribution in [0.3, 0.4) is 0 Å². The van der Waals surface area contributed by atoms with Gasteiger partial charge in [-0.3, -0.25) is 4.79 Å². The highest BCUT2D eigenvalue weighted by Gasteiger charge is 2.54. The summed E-state index contributed by atoms with van der Waals surface area (Å²) in [6, 6.07) is 0. The zero-order valence-electron chi connectivity index (χ0n) is 19.6. The number of aliphatic hydroxyl groups excluding tert-OH is 1. The molecule has 0 spiro atoms. The Labute approximate surface area is 188 Å². The smallest absolute Gasteiger partial charge is 0.302 e. The molecule has 0 unspecified atom stereocenters. The fraction of sp³-hybridized carbons (Fsp3) is 0.950. The first-order valence-electron chi connectivity index (χ1n) is 10.3. The number of carbonyl (C=O) groups is 1. The maximum atomic E-state index is 11.4. The van der Waals surface area contributed by atoms with Crippen molar-refractivity contribution in [2.24, 2.45) is 0 Å². The summed E-state index contributed by atoms with van der Waals surface area (Å²) in [6.07, 6.45) is -7.68. The molecule has 10 atom stereocenters. The summed E-state index contributed by atoms with van der Waals surface area (Å²) in [6.45, 7) is 1.38. The van der Waals surface area contributed by atoms with Crippen LogP contribution in [-0.4, -0.2) is 128 Å². The molecule has 2 fully saturated rings. The van der Waals surface area contributed by atoms with E-state index in [0.29, 0.717) is 0 Å². The summed E-state index contributed by atoms with van der Waals surface area (Å²) in [5.41, 5.74) is 0. The Morgan fingerprint density at radius 3 is 2.00 bits per heavy atom. The molecule has 0 radical (unpaired) electrons. The van der Waals surface area contributed by atoms with E-state index >= 15 is 0 Å². The van der Waals surface area contributed by atoms with Crippen molar-refractivity contribution in [1.82, 2.24) is 0 Å². The molecule has 1 N–H and O–H groups in total. The Balaban J connectivity index is 2.28. The van der Waals surface area contributed by atoms with Crippen LogP contribution < -0.4 is 0 Å². The van der Waals surface area contributed by atoms with Gasteiger partial charge in [0.25, 0.3) is 0 Å². The first-order valence-corrected chi connectivity index (χ1v) is 10.3. The van der Waals surface area contributed by atoms with Crippen molar-refractivity contribution in [2.75, 3.05) is 55.9 Å². The first-order chi connectivity index (χ1) is 15.4. The van der Waals surface area contributed by atoms with E-state index in [-0.39, 0.29) is 13.2 Å². The molecule has 188 valence electrons. The number of carbonyl (C=O) groups excluding carboxylic acids is 1. The Morgan fingerprint density at radius 1 is 0.875 bits per heavy atom. The van der Waals surface area contributed by atoms with Crippen molar-refractivity contribution in [3.05, 3.63) is 0 Å². The number of aliphatic hydroxyl groups is 1. The maximum Gasteiger partial charge on any atom is 0.302 e. The van der Waals surface area contributed by atoms with Crippen LogP contribution in [0.15, 0.2) is 0 Å². The molecule has 0 aromatic carbocycles. The lowest BCUT2D eigenvalue weighted by molar-refractivity contribution is -0.329. The predicted molar refractivity (Wildman–Crippen MR) is 107 cm³/mol. The van der Waals surface area contributed by atoms with Crippen LogP contribution in [0.4, 0.5) is 0 Å². The third-order valence-electron chi connectivity index (χ3n) is 5.65. The first kappa shape index (κ1) is 27.3. The van der Waals surface area contributed by atoms with Gasteiger partial charge in [-0.05, 0) is 0 Å². The minimum Gasteiger partial charge on any atom is -0.463 e. The molecule has 0 bridgehead atoms. The quantitative estimate of drug-likeness (QED) is 0.356. The van der Waals surface area contributed by atoms with Crippen molar-refractivity contribution in [3.63, 3.8) is 0 Å². The SMILES string of the molecule is COC[C@@H](OC)[C@H]1O[C@H](O[C@H]2[C@H](OC)[C@@H](OC)[C@@H](O)O[C@@H]2COC(C)=O)[C@@H](OC)[C@H]1OC. The highest BCUT2D eigenvalue weighted by molar-refractivity contribution is 5.65. The molecule has 32 heavy (non-hydrogen) atoms. The Hall–Kier alpha value is -0.930. The number of hydrogen-bond acceptors (Lipinski definition) is 12. The number of esters is 1. The van der Waals surface area contributed by atoms with Crippen molar-refractivity contribution in [1.29, 1.82) is 0 Å². The van der Waals surface area contributed by atoms with Crippen molar-refractivity contribution >= 4 is 5.97 Å². The molecule has 0 aromatic rings. The molecule has 2 saturated heterocycles. The topological polar surface area (TPSA) is 130 Å². The van der Waals surface area contributed by atoms with E-state index in [9.17, 15) is 9.90 Å². The number of ether oxygens (including phenoxy) is 10. The second-order valence-corrected chi connectivity index (χ2v) is 7.47. The van der Waals surface area contributed by atoms with Gasteiger partial charge in [-0.2, -0.15) is 0 Å². The van der Waals surface area contributed by atoms with Gasteiger partial charge in [0.1, 0.15) is 55.4 Å². The van der Waals surface area contributed by atoms with E-state index in [0.717, 1.165) is 0 Å². The number of hydrogen-bond donors (Lipinski definition) is 1. The predicted octanol–water partition coefficient (Wildman–Crippen LogP) is -0.902. The van der Waals surface area contributed by atoms with E-state index in [2.05, 4.69) is 0 Å². The molecule has 2 aliphatic heterocycles. The van der Waals surface area contributed by atoms with E-state index in [1.165, 1.54) is 35.4 Å². The van der Waals surface area contributed by atoms with Crippen LogP contribution in [0.5, 0.6) is 0 Å². The highest BCUT2D eigenvalue weighted by atomic mass is 16.8. The monoisotopic (exact) mass is 468 g/mol. The number of rotatable bonds is 12. The molecule has 2 heterocycles. The van der Waals surface area contributed by atoms with Gasteiger partial charge in [-0.15, -0.1) is 0 Å². The van der Waals surface area contributed by atoms with Crippen LogP contribution in [0, 0.1) is 0 Å². The van der Waals surface area contributed by atoms with Crippen LogP contribution >= 0.6 is 0 Å². The van der Waals surface area contributed by atoms with Crippen molar-refractivity contribution < 1.29 is 57.3 Å². The fourth-order valence-electron chi connectivity index (χ4n) is 4.10. The molecule has 12 nitrogen and oxygen atoms in total. The second kappa shape index (κ2) is 13.1. The second-order valence-electron chi connectivity index (χ2n) is 7.47. The summed E-state index contributed by atoms with van der Waals surface area (Å²) in [4.78, 5) is 11.4. The fourth-order valence-corrected chi connectivity index (χ4v) is 4.10. The molecule has 2 rings (SSSR count). The summed E-state index contributed by atoms with van der Waals surface area (Å²) >= 11 is 0. The molecule has 0 amide bonds. The Kier molecular flexibility index (Phi) is 11.2. The lowest BCUT2D eigenvalue weighted by Crippen LogP contribution is -2.62. The average molecular weight is 468 g/mol. The number of methoxy groups -OCH3 is 6. The van der Waals surface area contributed by atoms with E-state index in [1.807, 2.05) is 0 Å². The summed E-state index contributed by atoms with van der Waals surface area (Å²) in [5.74, 6) is -0.501.